The Labute approximate surface area is 183 Å². The molecule has 30 heavy (non-hydrogen) atoms. The van der Waals surface area contributed by atoms with Crippen LogP contribution in [0.1, 0.15) is 17.3 Å². The molecule has 1 N–H and O–H groups in total. The topological polar surface area (TPSA) is 73.0 Å². The molecule has 2 aromatic rings. The number of nitrogens with one attached hydrogen (secondary N) is 1. The minimum Gasteiger partial charge on any atom is -0.367 e. The highest BCUT2D eigenvalue weighted by molar-refractivity contribution is 7.89. The molecule has 9 heteroatoms. The molecule has 0 aromatic heterocycles. The molecule has 162 valence electrons. The Morgan fingerprint density at radius 3 is 2.43 bits per heavy atom. The highest BCUT2D eigenvalue weighted by Gasteiger charge is 2.21. The van der Waals surface area contributed by atoms with Gasteiger partial charge in [0.25, 0.3) is 5.91 Å². The largest absolute Gasteiger partial charge is 0.367 e. The first-order valence-electron chi connectivity index (χ1n) is 9.83. The molecule has 2 aromatic carbocycles. The zero-order valence-corrected chi connectivity index (χ0v) is 19.0. The maximum atomic E-state index is 12.9. The van der Waals surface area contributed by atoms with Crippen LogP contribution in [-0.2, 0) is 10.0 Å². The van der Waals surface area contributed by atoms with Crippen molar-refractivity contribution in [3.63, 3.8) is 0 Å². The van der Waals surface area contributed by atoms with Gasteiger partial charge in [-0.3, -0.25) is 4.79 Å². The summed E-state index contributed by atoms with van der Waals surface area (Å²) >= 11 is 6.19. The Kier molecular flexibility index (Phi) is 7.02. The van der Waals surface area contributed by atoms with E-state index in [4.69, 9.17) is 11.6 Å². The number of halogens is 1. The van der Waals surface area contributed by atoms with Crippen molar-refractivity contribution in [2.24, 2.45) is 0 Å². The van der Waals surface area contributed by atoms with Crippen LogP contribution in [0.2, 0.25) is 5.02 Å². The van der Waals surface area contributed by atoms with Gasteiger partial charge in [-0.1, -0.05) is 24.6 Å². The van der Waals surface area contributed by atoms with Gasteiger partial charge in [-0.15, -0.1) is 0 Å². The average molecular weight is 451 g/mol. The van der Waals surface area contributed by atoms with E-state index in [9.17, 15) is 13.2 Å². The average Bonchev–Trinajstić information content (AvgIpc) is 2.74. The van der Waals surface area contributed by atoms with E-state index in [1.165, 1.54) is 26.2 Å². The fourth-order valence-electron chi connectivity index (χ4n) is 3.39. The second-order valence-corrected chi connectivity index (χ2v) is 9.94. The number of likely N-dealkylation sites (N-methyl/N-ethyl adjacent to an activating group) is 1. The number of rotatable bonds is 6. The maximum absolute atomic E-state index is 12.9. The number of hydrogen-bond acceptors (Lipinski definition) is 5. The molecule has 0 unspecified atom stereocenters. The number of nitrogens with zero attached hydrogens (tertiary/aromatic N) is 3. The summed E-state index contributed by atoms with van der Waals surface area (Å²) in [4.78, 5) is 17.6. The lowest BCUT2D eigenvalue weighted by molar-refractivity contribution is 0.102. The van der Waals surface area contributed by atoms with E-state index >= 15 is 0 Å². The van der Waals surface area contributed by atoms with E-state index in [0.29, 0.717) is 10.7 Å². The zero-order valence-electron chi connectivity index (χ0n) is 17.4. The number of amides is 1. The molecule has 0 radical (unpaired) electrons. The molecular formula is C21H27ClN4O3S. The molecule has 7 nitrogen and oxygen atoms in total. The van der Waals surface area contributed by atoms with Crippen molar-refractivity contribution in [2.45, 2.75) is 11.8 Å². The van der Waals surface area contributed by atoms with Crippen molar-refractivity contribution in [3.05, 3.63) is 53.1 Å². The van der Waals surface area contributed by atoms with Crippen molar-refractivity contribution in [2.75, 3.05) is 57.0 Å². The van der Waals surface area contributed by atoms with Gasteiger partial charge in [-0.05, 0) is 42.9 Å². The molecule has 0 spiro atoms. The fourth-order valence-corrected chi connectivity index (χ4v) is 4.51. The second-order valence-electron chi connectivity index (χ2n) is 7.35. The minimum absolute atomic E-state index is 0.0714. The Hall–Kier alpha value is -2.13. The van der Waals surface area contributed by atoms with Gasteiger partial charge in [0.1, 0.15) is 0 Å². The van der Waals surface area contributed by atoms with Gasteiger partial charge >= 0.3 is 0 Å². The first kappa shape index (κ1) is 22.6. The van der Waals surface area contributed by atoms with E-state index in [1.807, 2.05) is 12.1 Å². The van der Waals surface area contributed by atoms with Gasteiger partial charge in [0.15, 0.2) is 0 Å². The molecule has 0 aliphatic carbocycles. The Morgan fingerprint density at radius 2 is 1.80 bits per heavy atom. The molecule has 3 rings (SSSR count). The third-order valence-electron chi connectivity index (χ3n) is 5.24. The maximum Gasteiger partial charge on any atom is 0.255 e. The number of piperazine rings is 1. The van der Waals surface area contributed by atoms with Crippen LogP contribution in [0.4, 0.5) is 11.4 Å². The summed E-state index contributed by atoms with van der Waals surface area (Å²) in [6.07, 6.45) is 0. The monoisotopic (exact) mass is 450 g/mol. The molecule has 0 saturated carbocycles. The lowest BCUT2D eigenvalue weighted by Crippen LogP contribution is -2.46. The van der Waals surface area contributed by atoms with Gasteiger partial charge in [-0.2, -0.15) is 0 Å². The second kappa shape index (κ2) is 9.34. The van der Waals surface area contributed by atoms with Crippen LogP contribution in [0.5, 0.6) is 0 Å². The van der Waals surface area contributed by atoms with E-state index < -0.39 is 10.0 Å². The summed E-state index contributed by atoms with van der Waals surface area (Å²) in [5.41, 5.74) is 1.78. The van der Waals surface area contributed by atoms with Gasteiger partial charge < -0.3 is 15.1 Å². The van der Waals surface area contributed by atoms with Crippen molar-refractivity contribution in [1.82, 2.24) is 9.21 Å². The lowest BCUT2D eigenvalue weighted by Gasteiger charge is -2.36. The molecule has 1 heterocycles. The van der Waals surface area contributed by atoms with Crippen molar-refractivity contribution < 1.29 is 13.2 Å². The van der Waals surface area contributed by atoms with Crippen LogP contribution >= 0.6 is 11.6 Å². The lowest BCUT2D eigenvalue weighted by atomic mass is 10.1. The number of anilines is 2. The summed E-state index contributed by atoms with van der Waals surface area (Å²) < 4.78 is 25.9. The molecular weight excluding hydrogens is 424 g/mol. The van der Waals surface area contributed by atoms with E-state index in [2.05, 4.69) is 22.0 Å². The predicted octanol–water partition coefficient (Wildman–Crippen LogP) is 2.98. The Morgan fingerprint density at radius 1 is 1.10 bits per heavy atom. The third kappa shape index (κ3) is 4.95. The van der Waals surface area contributed by atoms with Gasteiger partial charge in [-0.25, -0.2) is 12.7 Å². The summed E-state index contributed by atoms with van der Waals surface area (Å²) in [5.74, 6) is -0.387. The van der Waals surface area contributed by atoms with Gasteiger partial charge in [0.2, 0.25) is 10.0 Å². The highest BCUT2D eigenvalue weighted by Crippen LogP contribution is 2.30. The van der Waals surface area contributed by atoms with Gasteiger partial charge in [0.05, 0.1) is 16.3 Å². The van der Waals surface area contributed by atoms with E-state index in [-0.39, 0.29) is 16.4 Å². The van der Waals surface area contributed by atoms with E-state index in [1.54, 1.807) is 18.2 Å². The number of benzene rings is 2. The van der Waals surface area contributed by atoms with Crippen LogP contribution in [-0.4, -0.2) is 70.3 Å². The smallest absolute Gasteiger partial charge is 0.255 e. The molecule has 1 aliphatic heterocycles. The molecule has 1 amide bonds. The SMILES string of the molecule is CCN1CCN(c2ccc(Cl)cc2NC(=O)c2cccc(S(=O)(=O)N(C)C)c2)CC1. The summed E-state index contributed by atoms with van der Waals surface area (Å²) in [6, 6.07) is 11.5. The zero-order chi connectivity index (χ0) is 21.9. The fraction of sp³-hybridized carbons (Fsp3) is 0.381. The molecule has 1 saturated heterocycles. The Bertz CT molecular complexity index is 1020. The summed E-state index contributed by atoms with van der Waals surface area (Å²) in [5, 5.41) is 3.43. The van der Waals surface area contributed by atoms with Gasteiger partial charge in [0, 0.05) is 50.9 Å². The summed E-state index contributed by atoms with van der Waals surface area (Å²) in [7, 11) is -0.712. The molecule has 1 fully saturated rings. The van der Waals surface area contributed by atoms with Crippen LogP contribution in [0.3, 0.4) is 0 Å². The normalized spacial score (nSPS) is 15.4. The number of hydrogen-bond donors (Lipinski definition) is 1. The number of sulfonamides is 1. The van der Waals surface area contributed by atoms with Crippen LogP contribution in [0.25, 0.3) is 0 Å². The van der Waals surface area contributed by atoms with Crippen molar-refractivity contribution in [3.8, 4) is 0 Å². The van der Waals surface area contributed by atoms with Crippen molar-refractivity contribution >= 4 is 38.9 Å². The quantitative estimate of drug-likeness (QED) is 0.732. The Balaban J connectivity index is 1.85. The molecule has 1 aliphatic rings. The standard InChI is InChI=1S/C21H27ClN4O3S/c1-4-25-10-12-26(13-11-25)20-9-8-17(22)15-19(20)23-21(27)16-6-5-7-18(14-16)30(28,29)24(2)3/h5-9,14-15H,4,10-13H2,1-3H3,(H,23,27). The molecule has 0 atom stereocenters. The predicted molar refractivity (Wildman–Crippen MR) is 121 cm³/mol. The molecule has 0 bridgehead atoms. The third-order valence-corrected chi connectivity index (χ3v) is 7.29. The first-order valence-corrected chi connectivity index (χ1v) is 11.6. The van der Waals surface area contributed by atoms with E-state index in [0.717, 1.165) is 42.7 Å². The van der Waals surface area contributed by atoms with Crippen LogP contribution < -0.4 is 10.2 Å². The summed E-state index contributed by atoms with van der Waals surface area (Å²) in [6.45, 7) is 6.79. The number of carbonyl (C=O) groups is 1. The van der Waals surface area contributed by atoms with Crippen molar-refractivity contribution in [1.29, 1.82) is 0 Å². The highest BCUT2D eigenvalue weighted by atomic mass is 35.5. The van der Waals surface area contributed by atoms with Crippen LogP contribution in [0.15, 0.2) is 47.4 Å². The minimum atomic E-state index is -3.63. The van der Waals surface area contributed by atoms with Crippen LogP contribution in [0, 0.1) is 0 Å². The first-order chi connectivity index (χ1) is 14.2. The number of carbonyl (C=O) groups excluding carboxylic acids is 1.